The van der Waals surface area contributed by atoms with E-state index in [2.05, 4.69) is 23.2 Å². The van der Waals surface area contributed by atoms with E-state index < -0.39 is 0 Å². The van der Waals surface area contributed by atoms with Gasteiger partial charge in [-0.25, -0.2) is 0 Å². The van der Waals surface area contributed by atoms with Gasteiger partial charge in [-0.3, -0.25) is 9.36 Å². The first-order valence-electron chi connectivity index (χ1n) is 9.81. The van der Waals surface area contributed by atoms with Crippen molar-refractivity contribution in [1.82, 2.24) is 19.7 Å². The molecular formula is C22H24N4O3S. The second kappa shape index (κ2) is 9.32. The molecule has 1 aromatic heterocycles. The summed E-state index contributed by atoms with van der Waals surface area (Å²) in [4.78, 5) is 14.5. The van der Waals surface area contributed by atoms with E-state index >= 15 is 0 Å². The molecule has 0 spiro atoms. The Labute approximate surface area is 180 Å². The normalized spacial score (nSPS) is 14.0. The number of hydrogen-bond donors (Lipinski definition) is 0. The molecule has 4 rings (SSSR count). The summed E-state index contributed by atoms with van der Waals surface area (Å²) in [5.41, 5.74) is 3.03. The SMILES string of the molecule is COc1ccc(-c2nnc(SCC(=O)N3CCOCC3)n2-c2ccccc2C)cc1. The Balaban J connectivity index is 1.65. The standard InChI is InChI=1S/C22H24N4O3S/c1-16-5-3-4-6-19(16)26-21(17-7-9-18(28-2)10-8-17)23-24-22(26)30-15-20(27)25-11-13-29-14-12-25/h3-10H,11-15H2,1-2H3. The van der Waals surface area contributed by atoms with Gasteiger partial charge < -0.3 is 14.4 Å². The molecule has 2 heterocycles. The first kappa shape index (κ1) is 20.4. The zero-order chi connectivity index (χ0) is 20.9. The van der Waals surface area contributed by atoms with Crippen molar-refractivity contribution in [2.75, 3.05) is 39.2 Å². The third-order valence-corrected chi connectivity index (χ3v) is 5.94. The van der Waals surface area contributed by atoms with E-state index in [1.54, 1.807) is 7.11 Å². The molecule has 3 aromatic rings. The zero-order valence-electron chi connectivity index (χ0n) is 17.1. The fourth-order valence-electron chi connectivity index (χ4n) is 3.35. The molecule has 0 radical (unpaired) electrons. The van der Waals surface area contributed by atoms with Crippen LogP contribution in [0.15, 0.2) is 53.7 Å². The number of amides is 1. The van der Waals surface area contributed by atoms with E-state index in [1.165, 1.54) is 11.8 Å². The maximum absolute atomic E-state index is 12.6. The van der Waals surface area contributed by atoms with Gasteiger partial charge in [0.15, 0.2) is 11.0 Å². The summed E-state index contributed by atoms with van der Waals surface area (Å²) in [6, 6.07) is 15.8. The molecule has 1 saturated heterocycles. The van der Waals surface area contributed by atoms with Gasteiger partial charge >= 0.3 is 0 Å². The van der Waals surface area contributed by atoms with Crippen LogP contribution in [0.2, 0.25) is 0 Å². The number of benzene rings is 2. The van der Waals surface area contributed by atoms with Crippen LogP contribution in [0.25, 0.3) is 17.1 Å². The molecule has 0 atom stereocenters. The predicted octanol–water partition coefficient (Wildman–Crippen LogP) is 3.20. The predicted molar refractivity (Wildman–Crippen MR) is 116 cm³/mol. The molecule has 1 aliphatic rings. The van der Waals surface area contributed by atoms with E-state index in [4.69, 9.17) is 9.47 Å². The summed E-state index contributed by atoms with van der Waals surface area (Å²) in [7, 11) is 1.64. The van der Waals surface area contributed by atoms with Crippen molar-refractivity contribution < 1.29 is 14.3 Å². The minimum absolute atomic E-state index is 0.0913. The summed E-state index contributed by atoms with van der Waals surface area (Å²) < 4.78 is 12.6. The Morgan fingerprint density at radius 2 is 1.83 bits per heavy atom. The van der Waals surface area contributed by atoms with Crippen LogP contribution >= 0.6 is 11.8 Å². The monoisotopic (exact) mass is 424 g/mol. The number of methoxy groups -OCH3 is 1. The van der Waals surface area contributed by atoms with Crippen molar-refractivity contribution in [2.24, 2.45) is 0 Å². The first-order chi connectivity index (χ1) is 14.7. The molecule has 0 bridgehead atoms. The van der Waals surface area contributed by atoms with Crippen LogP contribution in [0.1, 0.15) is 5.56 Å². The number of ether oxygens (including phenoxy) is 2. The summed E-state index contributed by atoms with van der Waals surface area (Å²) >= 11 is 1.41. The van der Waals surface area contributed by atoms with Gasteiger partial charge in [-0.1, -0.05) is 30.0 Å². The number of carbonyl (C=O) groups is 1. The van der Waals surface area contributed by atoms with Gasteiger partial charge in [-0.2, -0.15) is 0 Å². The highest BCUT2D eigenvalue weighted by atomic mass is 32.2. The van der Waals surface area contributed by atoms with Crippen molar-refractivity contribution in [3.63, 3.8) is 0 Å². The Bertz CT molecular complexity index is 1010. The van der Waals surface area contributed by atoms with E-state index in [9.17, 15) is 4.79 Å². The van der Waals surface area contributed by atoms with Crippen LogP contribution in [-0.2, 0) is 9.53 Å². The highest BCUT2D eigenvalue weighted by molar-refractivity contribution is 7.99. The maximum atomic E-state index is 12.6. The second-order valence-electron chi connectivity index (χ2n) is 6.94. The van der Waals surface area contributed by atoms with E-state index in [-0.39, 0.29) is 5.91 Å². The van der Waals surface area contributed by atoms with Gasteiger partial charge in [0.25, 0.3) is 0 Å². The minimum Gasteiger partial charge on any atom is -0.497 e. The number of thioether (sulfide) groups is 1. The Morgan fingerprint density at radius 1 is 1.10 bits per heavy atom. The smallest absolute Gasteiger partial charge is 0.233 e. The number of rotatable bonds is 6. The Morgan fingerprint density at radius 3 is 2.53 bits per heavy atom. The molecule has 0 unspecified atom stereocenters. The van der Waals surface area contributed by atoms with Crippen molar-refractivity contribution in [2.45, 2.75) is 12.1 Å². The van der Waals surface area contributed by atoms with Crippen LogP contribution < -0.4 is 4.74 Å². The largest absolute Gasteiger partial charge is 0.497 e. The number of carbonyl (C=O) groups excluding carboxylic acids is 1. The summed E-state index contributed by atoms with van der Waals surface area (Å²) in [5, 5.41) is 9.57. The second-order valence-corrected chi connectivity index (χ2v) is 7.88. The molecule has 30 heavy (non-hydrogen) atoms. The Hall–Kier alpha value is -2.84. The van der Waals surface area contributed by atoms with E-state index in [0.717, 1.165) is 28.4 Å². The molecule has 0 N–H and O–H groups in total. The number of para-hydroxylation sites is 1. The lowest BCUT2D eigenvalue weighted by Gasteiger charge is -2.26. The molecule has 1 fully saturated rings. The van der Waals surface area contributed by atoms with Crippen LogP contribution in [0.3, 0.4) is 0 Å². The average Bonchev–Trinajstić information content (AvgIpc) is 3.22. The molecule has 1 aliphatic heterocycles. The lowest BCUT2D eigenvalue weighted by molar-refractivity contribution is -0.132. The van der Waals surface area contributed by atoms with Crippen molar-refractivity contribution in [3.05, 3.63) is 54.1 Å². The highest BCUT2D eigenvalue weighted by Gasteiger charge is 2.21. The third kappa shape index (κ3) is 4.34. The number of hydrogen-bond acceptors (Lipinski definition) is 6. The van der Waals surface area contributed by atoms with Gasteiger partial charge in [-0.15, -0.1) is 10.2 Å². The lowest BCUT2D eigenvalue weighted by atomic mass is 10.1. The van der Waals surface area contributed by atoms with E-state index in [0.29, 0.717) is 37.2 Å². The van der Waals surface area contributed by atoms with Crippen molar-refractivity contribution in [1.29, 1.82) is 0 Å². The van der Waals surface area contributed by atoms with Gasteiger partial charge in [0.1, 0.15) is 5.75 Å². The van der Waals surface area contributed by atoms with Crippen LogP contribution in [0, 0.1) is 6.92 Å². The van der Waals surface area contributed by atoms with Crippen LogP contribution in [0.4, 0.5) is 0 Å². The highest BCUT2D eigenvalue weighted by Crippen LogP contribution is 2.30. The third-order valence-electron chi connectivity index (χ3n) is 5.03. The molecular weight excluding hydrogens is 400 g/mol. The van der Waals surface area contributed by atoms with Crippen molar-refractivity contribution in [3.8, 4) is 22.8 Å². The fraction of sp³-hybridized carbons (Fsp3) is 0.318. The molecule has 156 valence electrons. The van der Waals surface area contributed by atoms with Gasteiger partial charge in [0.2, 0.25) is 5.91 Å². The first-order valence-corrected chi connectivity index (χ1v) is 10.8. The van der Waals surface area contributed by atoms with Crippen molar-refractivity contribution >= 4 is 17.7 Å². The number of morpholine rings is 1. The summed E-state index contributed by atoms with van der Waals surface area (Å²) in [6.45, 7) is 4.53. The molecule has 1 amide bonds. The molecule has 8 heteroatoms. The zero-order valence-corrected chi connectivity index (χ0v) is 17.9. The Kier molecular flexibility index (Phi) is 6.35. The van der Waals surface area contributed by atoms with Gasteiger partial charge in [0.05, 0.1) is 31.8 Å². The van der Waals surface area contributed by atoms with Crippen LogP contribution in [0.5, 0.6) is 5.75 Å². The maximum Gasteiger partial charge on any atom is 0.233 e. The minimum atomic E-state index is 0.0913. The molecule has 0 saturated carbocycles. The quantitative estimate of drug-likeness (QED) is 0.566. The lowest BCUT2D eigenvalue weighted by Crippen LogP contribution is -2.41. The molecule has 7 nitrogen and oxygen atoms in total. The van der Waals surface area contributed by atoms with Gasteiger partial charge in [0, 0.05) is 18.7 Å². The molecule has 0 aliphatic carbocycles. The van der Waals surface area contributed by atoms with Crippen LogP contribution in [-0.4, -0.2) is 64.7 Å². The van der Waals surface area contributed by atoms with Gasteiger partial charge in [-0.05, 0) is 42.8 Å². The fourth-order valence-corrected chi connectivity index (χ4v) is 4.20. The summed E-state index contributed by atoms with van der Waals surface area (Å²) in [6.07, 6.45) is 0. The number of nitrogens with zero attached hydrogens (tertiary/aromatic N) is 4. The van der Waals surface area contributed by atoms with E-state index in [1.807, 2.05) is 51.9 Å². The number of aromatic nitrogens is 3. The molecule has 2 aromatic carbocycles. The average molecular weight is 425 g/mol. The summed E-state index contributed by atoms with van der Waals surface area (Å²) in [5.74, 6) is 1.92. The topological polar surface area (TPSA) is 69.5 Å². The number of aryl methyl sites for hydroxylation is 1.